The van der Waals surface area contributed by atoms with Gasteiger partial charge in [-0.25, -0.2) is 9.59 Å². The summed E-state index contributed by atoms with van der Waals surface area (Å²) in [5, 5.41) is 5.23. The van der Waals surface area contributed by atoms with E-state index in [0.29, 0.717) is 0 Å². The third-order valence-corrected chi connectivity index (χ3v) is 5.86. The Kier molecular flexibility index (Phi) is 9.33. The van der Waals surface area contributed by atoms with Crippen LogP contribution in [0.2, 0.25) is 0 Å². The summed E-state index contributed by atoms with van der Waals surface area (Å²) in [6.45, 7) is 5.16. The van der Waals surface area contributed by atoms with E-state index in [4.69, 9.17) is 13.8 Å². The minimum absolute atomic E-state index is 0.0557. The first-order valence-electron chi connectivity index (χ1n) is 8.59. The molecule has 0 heterocycles. The van der Waals surface area contributed by atoms with E-state index in [1.165, 1.54) is 0 Å². The Morgan fingerprint density at radius 1 is 1.04 bits per heavy atom. The number of nitrogens with one attached hydrogen (secondary N) is 2. The van der Waals surface area contributed by atoms with Gasteiger partial charge in [-0.3, -0.25) is 4.57 Å². The van der Waals surface area contributed by atoms with Crippen LogP contribution in [-0.4, -0.2) is 43.6 Å². The van der Waals surface area contributed by atoms with Crippen molar-refractivity contribution < 1.29 is 27.9 Å². The van der Waals surface area contributed by atoms with E-state index >= 15 is 0 Å². The van der Waals surface area contributed by atoms with Crippen molar-refractivity contribution in [1.29, 1.82) is 0 Å². The highest BCUT2D eigenvalue weighted by molar-refractivity contribution is 7.55. The van der Waals surface area contributed by atoms with Crippen LogP contribution in [0.1, 0.15) is 52.9 Å². The zero-order valence-electron chi connectivity index (χ0n) is 14.7. The minimum atomic E-state index is -3.87. The van der Waals surface area contributed by atoms with Gasteiger partial charge in [-0.1, -0.05) is 19.3 Å². The Morgan fingerprint density at radius 2 is 1.62 bits per heavy atom. The largest absolute Gasteiger partial charge is 0.464 e. The first-order valence-corrected chi connectivity index (χ1v) is 10.2. The summed E-state index contributed by atoms with van der Waals surface area (Å²) in [5.41, 5.74) is 0. The van der Waals surface area contributed by atoms with Crippen LogP contribution in [0, 0.1) is 0 Å². The van der Waals surface area contributed by atoms with Crippen molar-refractivity contribution in [1.82, 2.24) is 10.6 Å². The highest BCUT2D eigenvalue weighted by Crippen LogP contribution is 2.52. The van der Waals surface area contributed by atoms with E-state index in [9.17, 15) is 14.2 Å². The molecule has 0 aromatic carbocycles. The highest BCUT2D eigenvalue weighted by Gasteiger charge is 2.43. The molecule has 1 aliphatic carbocycles. The molecule has 1 aliphatic rings. The van der Waals surface area contributed by atoms with Crippen LogP contribution in [-0.2, 0) is 23.1 Å². The third-order valence-electron chi connectivity index (χ3n) is 3.65. The summed E-state index contributed by atoms with van der Waals surface area (Å²) in [7, 11) is -3.87. The molecule has 1 fully saturated rings. The lowest BCUT2D eigenvalue weighted by Gasteiger charge is -2.27. The van der Waals surface area contributed by atoms with E-state index in [0.717, 1.165) is 32.1 Å². The standard InChI is InChI=1S/C15H29N2O6P/c1-4-21-14(18)13(24(20,22-5-2)23-6-3)17-15(19)16-12-10-8-7-9-11-12/h12-13H,4-11H2,1-3H3,(H2,16,17,19)/t13-/m1/s1. The van der Waals surface area contributed by atoms with Gasteiger partial charge in [-0.15, -0.1) is 0 Å². The van der Waals surface area contributed by atoms with Crippen molar-refractivity contribution in [2.75, 3.05) is 19.8 Å². The number of hydrogen-bond donors (Lipinski definition) is 2. The van der Waals surface area contributed by atoms with Gasteiger partial charge in [-0.2, -0.15) is 0 Å². The van der Waals surface area contributed by atoms with Gasteiger partial charge in [0.15, 0.2) is 0 Å². The van der Waals surface area contributed by atoms with Crippen molar-refractivity contribution >= 4 is 19.6 Å². The van der Waals surface area contributed by atoms with E-state index < -0.39 is 25.4 Å². The summed E-state index contributed by atoms with van der Waals surface area (Å²) in [6, 6.07) is -0.514. The fraction of sp³-hybridized carbons (Fsp3) is 0.867. The molecular weight excluding hydrogens is 335 g/mol. The molecule has 1 saturated carbocycles. The first-order chi connectivity index (χ1) is 11.5. The summed E-state index contributed by atoms with van der Waals surface area (Å²) in [5.74, 6) is -2.32. The van der Waals surface area contributed by atoms with Gasteiger partial charge in [0.25, 0.3) is 0 Å². The van der Waals surface area contributed by atoms with Crippen molar-refractivity contribution in [2.24, 2.45) is 0 Å². The predicted molar refractivity (Wildman–Crippen MR) is 89.8 cm³/mol. The molecule has 0 radical (unpaired) electrons. The van der Waals surface area contributed by atoms with Crippen molar-refractivity contribution in [3.8, 4) is 0 Å². The molecule has 0 unspecified atom stereocenters. The van der Waals surface area contributed by atoms with Crippen LogP contribution in [0.25, 0.3) is 0 Å². The Balaban J connectivity index is 2.81. The van der Waals surface area contributed by atoms with Gasteiger partial charge in [-0.05, 0) is 33.6 Å². The number of ether oxygens (including phenoxy) is 1. The fourth-order valence-electron chi connectivity index (χ4n) is 2.63. The second kappa shape index (κ2) is 10.7. The maximum atomic E-state index is 12.9. The van der Waals surface area contributed by atoms with E-state index in [-0.39, 0.29) is 25.9 Å². The number of urea groups is 1. The van der Waals surface area contributed by atoms with E-state index in [1.807, 2.05) is 0 Å². The maximum Gasteiger partial charge on any atom is 0.364 e. The van der Waals surface area contributed by atoms with Crippen LogP contribution >= 0.6 is 7.60 Å². The van der Waals surface area contributed by atoms with Crippen LogP contribution in [0.5, 0.6) is 0 Å². The zero-order valence-corrected chi connectivity index (χ0v) is 15.6. The van der Waals surface area contributed by atoms with Gasteiger partial charge >= 0.3 is 19.6 Å². The second-order valence-corrected chi connectivity index (χ2v) is 7.60. The molecular formula is C15H29N2O6P. The summed E-state index contributed by atoms with van der Waals surface area (Å²) in [4.78, 5) is 24.4. The van der Waals surface area contributed by atoms with Gasteiger partial charge in [0.1, 0.15) is 0 Å². The Morgan fingerprint density at radius 3 is 2.12 bits per heavy atom. The quantitative estimate of drug-likeness (QED) is 0.482. The van der Waals surface area contributed by atoms with Gasteiger partial charge in [0.2, 0.25) is 5.78 Å². The minimum Gasteiger partial charge on any atom is -0.464 e. The van der Waals surface area contributed by atoms with Crippen LogP contribution in [0.15, 0.2) is 0 Å². The lowest BCUT2D eigenvalue weighted by Crippen LogP contribution is -2.50. The molecule has 0 bridgehead atoms. The van der Waals surface area contributed by atoms with Crippen LogP contribution in [0.3, 0.4) is 0 Å². The molecule has 0 saturated heterocycles. The zero-order chi connectivity index (χ0) is 18.0. The van der Waals surface area contributed by atoms with Crippen LogP contribution < -0.4 is 10.6 Å². The molecule has 2 N–H and O–H groups in total. The molecule has 1 atom stereocenters. The number of amides is 2. The van der Waals surface area contributed by atoms with Gasteiger partial charge < -0.3 is 24.4 Å². The van der Waals surface area contributed by atoms with Gasteiger partial charge in [0, 0.05) is 6.04 Å². The summed E-state index contributed by atoms with van der Waals surface area (Å²) in [6.07, 6.45) is 5.07. The number of hydrogen-bond acceptors (Lipinski definition) is 6. The molecule has 2 amide bonds. The first kappa shape index (κ1) is 20.9. The summed E-state index contributed by atoms with van der Waals surface area (Å²) < 4.78 is 28.2. The SMILES string of the molecule is CCOC(=O)[C@H](NC(=O)NC1CCCCC1)P(=O)(OCC)OCC. The predicted octanol–water partition coefficient (Wildman–Crippen LogP) is 2.77. The Labute approximate surface area is 143 Å². The van der Waals surface area contributed by atoms with Gasteiger partial charge in [0.05, 0.1) is 19.8 Å². The molecule has 1 rings (SSSR count). The summed E-state index contributed by atoms with van der Waals surface area (Å²) >= 11 is 0. The van der Waals surface area contributed by atoms with Crippen molar-refractivity contribution in [3.05, 3.63) is 0 Å². The highest BCUT2D eigenvalue weighted by atomic mass is 31.2. The normalized spacial score (nSPS) is 17.1. The number of esters is 1. The lowest BCUT2D eigenvalue weighted by atomic mass is 9.96. The van der Waals surface area contributed by atoms with Crippen molar-refractivity contribution in [2.45, 2.75) is 64.7 Å². The average Bonchev–Trinajstić information content (AvgIpc) is 2.54. The van der Waals surface area contributed by atoms with E-state index in [2.05, 4.69) is 10.6 Å². The molecule has 0 spiro atoms. The maximum absolute atomic E-state index is 12.9. The fourth-order valence-corrected chi connectivity index (χ4v) is 4.33. The van der Waals surface area contributed by atoms with Crippen molar-refractivity contribution in [3.63, 3.8) is 0 Å². The number of rotatable bonds is 9. The second-order valence-electron chi connectivity index (χ2n) is 5.48. The molecule has 0 aliphatic heterocycles. The number of carbonyl (C=O) groups excluding carboxylic acids is 2. The third kappa shape index (κ3) is 6.42. The molecule has 24 heavy (non-hydrogen) atoms. The molecule has 8 nitrogen and oxygen atoms in total. The van der Waals surface area contributed by atoms with E-state index in [1.54, 1.807) is 20.8 Å². The topological polar surface area (TPSA) is 103 Å². The Hall–Kier alpha value is -1.11. The monoisotopic (exact) mass is 364 g/mol. The molecule has 0 aromatic rings. The lowest BCUT2D eigenvalue weighted by molar-refractivity contribution is -0.143. The average molecular weight is 364 g/mol. The molecule has 9 heteroatoms. The number of carbonyl (C=O) groups is 2. The molecule has 140 valence electrons. The Bertz CT molecular complexity index is 443. The molecule has 0 aromatic heterocycles. The van der Waals surface area contributed by atoms with Crippen LogP contribution in [0.4, 0.5) is 4.79 Å². The smallest absolute Gasteiger partial charge is 0.364 e.